The van der Waals surface area contributed by atoms with Crippen LogP contribution in [0.2, 0.25) is 0 Å². The number of nitrogens with one attached hydrogen (secondary N) is 1. The highest BCUT2D eigenvalue weighted by Gasteiger charge is 2.52. The van der Waals surface area contributed by atoms with Crippen molar-refractivity contribution in [2.24, 2.45) is 0 Å². The van der Waals surface area contributed by atoms with Crippen molar-refractivity contribution in [3.8, 4) is 0 Å². The molecule has 1 aromatic carbocycles. The van der Waals surface area contributed by atoms with E-state index in [0.29, 0.717) is 0 Å². The fraction of sp³-hybridized carbons (Fsp3) is 0.571. The second-order valence-corrected chi connectivity index (χ2v) is 9.16. The van der Waals surface area contributed by atoms with E-state index in [1.54, 1.807) is 26.8 Å². The molecule has 154 valence electrons. The molecule has 28 heavy (non-hydrogen) atoms. The van der Waals surface area contributed by atoms with Gasteiger partial charge in [0.05, 0.1) is 11.2 Å². The smallest absolute Gasteiger partial charge is 0.444 e. The van der Waals surface area contributed by atoms with E-state index < -0.39 is 30.0 Å². The molecule has 5 nitrogen and oxygen atoms in total. The van der Waals surface area contributed by atoms with Gasteiger partial charge in [0.25, 0.3) is 0 Å². The van der Waals surface area contributed by atoms with Crippen LogP contribution in [0.5, 0.6) is 0 Å². The van der Waals surface area contributed by atoms with Gasteiger partial charge in [0.1, 0.15) is 11.4 Å². The van der Waals surface area contributed by atoms with Gasteiger partial charge in [0.15, 0.2) is 0 Å². The monoisotopic (exact) mass is 391 g/mol. The first kappa shape index (κ1) is 22.4. The van der Waals surface area contributed by atoms with Crippen LogP contribution >= 0.6 is 0 Å². The Kier molecular flexibility index (Phi) is 6.31. The summed E-state index contributed by atoms with van der Waals surface area (Å²) in [6.45, 7) is 15.3. The molecule has 1 aromatic rings. The van der Waals surface area contributed by atoms with Gasteiger partial charge >= 0.3 is 13.2 Å². The Hall–Kier alpha value is -1.86. The SMILES string of the molecule is Cc1cc(F)ccc1C=C(CNC(=O)OC(C)(C)C)B1OC(C)(C)C(C)(C)O1. The Morgan fingerprint density at radius 2 is 1.79 bits per heavy atom. The molecule has 1 saturated heterocycles. The molecule has 7 heteroatoms. The molecule has 0 aromatic heterocycles. The van der Waals surface area contributed by atoms with Crippen LogP contribution in [0.3, 0.4) is 0 Å². The number of hydrogen-bond donors (Lipinski definition) is 1. The van der Waals surface area contributed by atoms with Crippen molar-refractivity contribution < 1.29 is 23.2 Å². The summed E-state index contributed by atoms with van der Waals surface area (Å²) in [5.41, 5.74) is 0.718. The van der Waals surface area contributed by atoms with Gasteiger partial charge in [0, 0.05) is 6.54 Å². The summed E-state index contributed by atoms with van der Waals surface area (Å²) >= 11 is 0. The number of benzene rings is 1. The van der Waals surface area contributed by atoms with E-state index in [1.807, 2.05) is 40.7 Å². The number of hydrogen-bond acceptors (Lipinski definition) is 4. The lowest BCUT2D eigenvalue weighted by atomic mass is 9.76. The molecule has 1 N–H and O–H groups in total. The van der Waals surface area contributed by atoms with Crippen LogP contribution in [0.15, 0.2) is 23.7 Å². The molecule has 0 atom stereocenters. The van der Waals surface area contributed by atoms with E-state index in [2.05, 4.69) is 5.32 Å². The van der Waals surface area contributed by atoms with Gasteiger partial charge < -0.3 is 19.4 Å². The van der Waals surface area contributed by atoms with Crippen LogP contribution in [-0.2, 0) is 14.0 Å². The Labute approximate surface area is 167 Å². The van der Waals surface area contributed by atoms with Crippen LogP contribution in [0.25, 0.3) is 6.08 Å². The first-order valence-corrected chi connectivity index (χ1v) is 9.49. The summed E-state index contributed by atoms with van der Waals surface area (Å²) in [7, 11) is -0.635. The molecule has 0 bridgehead atoms. The minimum atomic E-state index is -0.635. The minimum absolute atomic E-state index is 0.183. The lowest BCUT2D eigenvalue weighted by molar-refractivity contribution is 0.00578. The second kappa shape index (κ2) is 7.87. The number of rotatable bonds is 4. The van der Waals surface area contributed by atoms with Gasteiger partial charge in [-0.3, -0.25) is 0 Å². The predicted octanol–water partition coefficient (Wildman–Crippen LogP) is 4.67. The largest absolute Gasteiger partial charge is 0.492 e. The molecule has 2 rings (SSSR count). The van der Waals surface area contributed by atoms with Crippen molar-refractivity contribution in [1.82, 2.24) is 5.32 Å². The molecule has 0 unspecified atom stereocenters. The van der Waals surface area contributed by atoms with Gasteiger partial charge in [-0.05, 0) is 84.1 Å². The van der Waals surface area contributed by atoms with E-state index in [4.69, 9.17) is 14.0 Å². The summed E-state index contributed by atoms with van der Waals surface area (Å²) < 4.78 is 31.0. The number of amides is 1. The van der Waals surface area contributed by atoms with Crippen LogP contribution in [0, 0.1) is 12.7 Å². The lowest BCUT2D eigenvalue weighted by Gasteiger charge is -2.32. The topological polar surface area (TPSA) is 56.8 Å². The number of halogens is 1. The van der Waals surface area contributed by atoms with Crippen LogP contribution < -0.4 is 5.32 Å². The molecule has 1 aliphatic heterocycles. The van der Waals surface area contributed by atoms with E-state index in [0.717, 1.165) is 16.6 Å². The normalized spacial score (nSPS) is 18.9. The molecule has 1 amide bonds. The summed E-state index contributed by atoms with van der Waals surface area (Å²) in [6, 6.07) is 4.57. The average molecular weight is 391 g/mol. The van der Waals surface area contributed by atoms with Crippen molar-refractivity contribution in [2.75, 3.05) is 6.54 Å². The average Bonchev–Trinajstić information content (AvgIpc) is 2.71. The number of alkyl carbamates (subject to hydrolysis) is 1. The molecule has 0 spiro atoms. The zero-order valence-electron chi connectivity index (χ0n) is 18.1. The third-order valence-electron chi connectivity index (χ3n) is 4.96. The highest BCUT2D eigenvalue weighted by atomic mass is 19.1. The van der Waals surface area contributed by atoms with Gasteiger partial charge in [-0.15, -0.1) is 0 Å². The summed E-state index contributed by atoms with van der Waals surface area (Å²) in [5, 5.41) is 2.76. The maximum atomic E-state index is 13.5. The molecule has 0 radical (unpaired) electrons. The Morgan fingerprint density at radius 1 is 1.21 bits per heavy atom. The van der Waals surface area contributed by atoms with Crippen molar-refractivity contribution in [3.05, 3.63) is 40.6 Å². The number of carbonyl (C=O) groups is 1. The zero-order valence-corrected chi connectivity index (χ0v) is 18.1. The van der Waals surface area contributed by atoms with E-state index >= 15 is 0 Å². The highest BCUT2D eigenvalue weighted by Crippen LogP contribution is 2.38. The molecule has 1 aliphatic rings. The third-order valence-corrected chi connectivity index (χ3v) is 4.96. The first-order valence-electron chi connectivity index (χ1n) is 9.49. The number of ether oxygens (including phenoxy) is 1. The molecule has 1 fully saturated rings. The van der Waals surface area contributed by atoms with E-state index in [-0.39, 0.29) is 12.4 Å². The summed E-state index contributed by atoms with van der Waals surface area (Å²) in [6.07, 6.45) is 1.35. The molecular formula is C21H31BFNO4. The van der Waals surface area contributed by atoms with Gasteiger partial charge in [-0.1, -0.05) is 12.1 Å². The van der Waals surface area contributed by atoms with Crippen molar-refractivity contribution >= 4 is 19.3 Å². The Balaban J connectivity index is 2.28. The second-order valence-electron chi connectivity index (χ2n) is 9.16. The first-order chi connectivity index (χ1) is 12.7. The summed E-state index contributed by atoms with van der Waals surface area (Å²) in [5.74, 6) is -0.293. The molecule has 0 aliphatic carbocycles. The maximum Gasteiger partial charge on any atom is 0.492 e. The standard InChI is InChI=1S/C21H31BFNO4/c1-14-11-17(23)10-9-15(14)12-16(13-24-18(25)26-19(2,3)4)22-27-20(5,6)21(7,8)28-22/h9-12H,13H2,1-8H3,(H,24,25). The fourth-order valence-corrected chi connectivity index (χ4v) is 2.69. The molecule has 0 saturated carbocycles. The number of aryl methyl sites for hydroxylation is 1. The zero-order chi connectivity index (χ0) is 21.3. The van der Waals surface area contributed by atoms with Crippen molar-refractivity contribution in [2.45, 2.75) is 72.2 Å². The third kappa shape index (κ3) is 5.58. The van der Waals surface area contributed by atoms with Crippen LogP contribution in [0.1, 0.15) is 59.6 Å². The van der Waals surface area contributed by atoms with Gasteiger partial charge in [-0.2, -0.15) is 0 Å². The van der Waals surface area contributed by atoms with E-state index in [1.165, 1.54) is 12.1 Å². The predicted molar refractivity (Wildman–Crippen MR) is 109 cm³/mol. The highest BCUT2D eigenvalue weighted by molar-refractivity contribution is 6.56. The fourth-order valence-electron chi connectivity index (χ4n) is 2.69. The minimum Gasteiger partial charge on any atom is -0.444 e. The van der Waals surface area contributed by atoms with Crippen molar-refractivity contribution in [1.29, 1.82) is 0 Å². The van der Waals surface area contributed by atoms with Crippen LogP contribution in [0.4, 0.5) is 9.18 Å². The molecule has 1 heterocycles. The van der Waals surface area contributed by atoms with E-state index in [9.17, 15) is 9.18 Å². The van der Waals surface area contributed by atoms with Crippen molar-refractivity contribution in [3.63, 3.8) is 0 Å². The maximum absolute atomic E-state index is 13.5. The Bertz CT molecular complexity index is 752. The van der Waals surface area contributed by atoms with Gasteiger partial charge in [0.2, 0.25) is 0 Å². The Morgan fingerprint density at radius 3 is 2.29 bits per heavy atom. The van der Waals surface area contributed by atoms with Gasteiger partial charge in [-0.25, -0.2) is 9.18 Å². The summed E-state index contributed by atoms with van der Waals surface area (Å²) in [4.78, 5) is 12.1. The van der Waals surface area contributed by atoms with Crippen LogP contribution in [-0.4, -0.2) is 36.6 Å². The lowest BCUT2D eigenvalue weighted by Crippen LogP contribution is -2.41. The number of carbonyl (C=O) groups excluding carboxylic acids is 1. The molecular weight excluding hydrogens is 360 g/mol. The quantitative estimate of drug-likeness (QED) is 0.758.